The summed E-state index contributed by atoms with van der Waals surface area (Å²) in [5, 5.41) is 5.13. The molecule has 0 aromatic heterocycles. The number of hydrogen-bond acceptors (Lipinski definition) is 10. The van der Waals surface area contributed by atoms with Crippen LogP contribution in [-0.4, -0.2) is 93.3 Å². The third-order valence-electron chi connectivity index (χ3n) is 10.0. The Kier molecular flexibility index (Phi) is 33.2. The summed E-state index contributed by atoms with van der Waals surface area (Å²) < 4.78 is 36.0. The van der Waals surface area contributed by atoms with Gasteiger partial charge in [0, 0.05) is 64.7 Å². The van der Waals surface area contributed by atoms with Crippen LogP contribution >= 0.6 is 0 Å². The van der Waals surface area contributed by atoms with Crippen LogP contribution < -0.4 is 16.9 Å². The summed E-state index contributed by atoms with van der Waals surface area (Å²) in [5.74, 6) is 8.23. The number of hydrogen-bond donors (Lipinski definition) is 3. The Morgan fingerprint density at radius 1 is 0.545 bits per heavy atom. The van der Waals surface area contributed by atoms with E-state index in [9.17, 15) is 0 Å². The molecule has 5 N–H and O–H groups in total. The number of aliphatic imine (C=N–C) groups is 2. The molecule has 55 heavy (non-hydrogen) atoms. The lowest BCUT2D eigenvalue weighted by molar-refractivity contribution is 0.0698. The summed E-state index contributed by atoms with van der Waals surface area (Å²) >= 11 is 0. The molecule has 14 heteroatoms. The highest BCUT2D eigenvalue weighted by Crippen LogP contribution is 2.23. The number of hydrazine groups is 1. The van der Waals surface area contributed by atoms with Gasteiger partial charge >= 0.3 is 17.6 Å². The van der Waals surface area contributed by atoms with Crippen LogP contribution in [0.25, 0.3) is 0 Å². The zero-order valence-corrected chi connectivity index (χ0v) is 38.7. The van der Waals surface area contributed by atoms with Gasteiger partial charge in [-0.15, -0.1) is 0 Å². The average Bonchev–Trinajstić information content (AvgIpc) is 3.16. The van der Waals surface area contributed by atoms with Gasteiger partial charge < -0.3 is 37.6 Å². The summed E-state index contributed by atoms with van der Waals surface area (Å²) in [6.07, 6.45) is 26.8. The highest BCUT2D eigenvalue weighted by molar-refractivity contribution is 6.61. The quantitative estimate of drug-likeness (QED) is 0.0310. The van der Waals surface area contributed by atoms with Crippen LogP contribution in [-0.2, 0) is 26.6 Å². The van der Waals surface area contributed by atoms with Gasteiger partial charge in [-0.2, -0.15) is 0 Å². The minimum absolute atomic E-state index is 0.0565. The molecule has 0 saturated carbocycles. The van der Waals surface area contributed by atoms with E-state index in [1.54, 1.807) is 5.01 Å². The molecular formula is C41H88N6O6Si2. The standard InChI is InChI=1S/C41H88N6O6Si2/c1-7-48-54(49-8-2,50-9-3)37-31-27-23-19-15-13-17-21-25-29-33-39-45-40(47(43)41(46-39)44-36-35-42)34-30-26-22-18-14-16-20-24-28-32-38-55(51-10-4,52-11-5)53-12-6/h40H,7-38,42-43H2,1-6H3,(H,44,45,46). The van der Waals surface area contributed by atoms with E-state index in [4.69, 9.17) is 43.1 Å². The number of nitrogens with two attached hydrogens (primary N) is 2. The molecule has 0 aromatic carbocycles. The van der Waals surface area contributed by atoms with Crippen LogP contribution in [0.5, 0.6) is 0 Å². The molecule has 1 aliphatic rings. The van der Waals surface area contributed by atoms with Crippen molar-refractivity contribution in [3.05, 3.63) is 0 Å². The van der Waals surface area contributed by atoms with E-state index >= 15 is 0 Å². The van der Waals surface area contributed by atoms with Crippen LogP contribution in [0.3, 0.4) is 0 Å². The molecule has 1 atom stereocenters. The van der Waals surface area contributed by atoms with Crippen LogP contribution in [0.15, 0.2) is 9.98 Å². The maximum Gasteiger partial charge on any atom is 0.500 e. The highest BCUT2D eigenvalue weighted by atomic mass is 28.4. The second-order valence-corrected chi connectivity index (χ2v) is 20.1. The van der Waals surface area contributed by atoms with E-state index in [1.807, 2.05) is 41.5 Å². The van der Waals surface area contributed by atoms with Crippen molar-refractivity contribution in [1.29, 1.82) is 0 Å². The third kappa shape index (κ3) is 24.5. The molecule has 1 unspecified atom stereocenters. The van der Waals surface area contributed by atoms with E-state index in [1.165, 1.54) is 103 Å². The van der Waals surface area contributed by atoms with Gasteiger partial charge in [0.15, 0.2) is 0 Å². The molecule has 0 saturated heterocycles. The second-order valence-electron chi connectivity index (χ2n) is 14.7. The predicted molar refractivity (Wildman–Crippen MR) is 234 cm³/mol. The molecule has 0 radical (unpaired) electrons. The Balaban J connectivity index is 2.24. The van der Waals surface area contributed by atoms with Crippen molar-refractivity contribution in [3.8, 4) is 0 Å². The fraction of sp³-hybridized carbons (Fsp3) is 0.951. The molecule has 0 bridgehead atoms. The molecule has 326 valence electrons. The van der Waals surface area contributed by atoms with Gasteiger partial charge in [0.05, 0.1) is 6.54 Å². The van der Waals surface area contributed by atoms with E-state index in [2.05, 4.69) is 10.3 Å². The molecule has 1 aliphatic heterocycles. The van der Waals surface area contributed by atoms with E-state index in [-0.39, 0.29) is 6.17 Å². The van der Waals surface area contributed by atoms with Crippen molar-refractivity contribution in [1.82, 2.24) is 10.3 Å². The van der Waals surface area contributed by atoms with Crippen molar-refractivity contribution in [2.75, 3.05) is 52.7 Å². The number of nitrogens with one attached hydrogen (secondary N) is 1. The number of amidine groups is 1. The zero-order valence-electron chi connectivity index (χ0n) is 36.7. The zero-order chi connectivity index (χ0) is 40.3. The lowest BCUT2D eigenvalue weighted by atomic mass is 10.0. The molecule has 1 rings (SSSR count). The number of guanidine groups is 1. The highest BCUT2D eigenvalue weighted by Gasteiger charge is 2.40. The minimum Gasteiger partial charge on any atom is -0.374 e. The summed E-state index contributed by atoms with van der Waals surface area (Å²) in [7, 11) is -4.97. The number of rotatable bonds is 40. The van der Waals surface area contributed by atoms with Crippen molar-refractivity contribution < 1.29 is 26.6 Å². The average molecular weight is 817 g/mol. The monoisotopic (exact) mass is 817 g/mol. The molecule has 0 aromatic rings. The Bertz CT molecular complexity index is 919. The largest absolute Gasteiger partial charge is 0.500 e. The Morgan fingerprint density at radius 2 is 0.891 bits per heavy atom. The molecule has 0 spiro atoms. The normalized spacial score (nSPS) is 15.9. The van der Waals surface area contributed by atoms with Gasteiger partial charge in [-0.1, -0.05) is 103 Å². The van der Waals surface area contributed by atoms with Gasteiger partial charge in [-0.25, -0.2) is 10.8 Å². The van der Waals surface area contributed by atoms with Gasteiger partial charge in [0.25, 0.3) is 0 Å². The smallest absolute Gasteiger partial charge is 0.374 e. The summed E-state index contributed by atoms with van der Waals surface area (Å²) in [4.78, 5) is 9.66. The van der Waals surface area contributed by atoms with Gasteiger partial charge in [0.2, 0.25) is 5.96 Å². The van der Waals surface area contributed by atoms with Crippen LogP contribution in [0.1, 0.15) is 183 Å². The lowest BCUT2D eigenvalue weighted by Crippen LogP contribution is -2.57. The number of unbranched alkanes of at least 4 members (excludes halogenated alkanes) is 18. The van der Waals surface area contributed by atoms with E-state index in [0.29, 0.717) is 58.7 Å². The maximum atomic E-state index is 6.50. The van der Waals surface area contributed by atoms with E-state index in [0.717, 1.165) is 56.4 Å². The molecule has 0 aliphatic carbocycles. The SMILES string of the molecule is CCO[Si](CCCCCCCCCCCCC1=NC(CCCCCCCCCCCC[Si](OCC)(OCC)OCC)N(N)C(=NCCN)N1)(OCC)OCC. The Hall–Kier alpha value is -0.946. The minimum atomic E-state index is -2.49. The van der Waals surface area contributed by atoms with Gasteiger partial charge in [-0.05, 0) is 73.6 Å². The Labute approximate surface area is 340 Å². The second kappa shape index (κ2) is 35.0. The van der Waals surface area contributed by atoms with Crippen molar-refractivity contribution in [3.63, 3.8) is 0 Å². The first kappa shape index (κ1) is 52.1. The van der Waals surface area contributed by atoms with Crippen LogP contribution in [0.2, 0.25) is 12.1 Å². The fourth-order valence-electron chi connectivity index (χ4n) is 7.36. The predicted octanol–water partition coefficient (Wildman–Crippen LogP) is 9.48. The van der Waals surface area contributed by atoms with Crippen molar-refractivity contribution in [2.24, 2.45) is 21.6 Å². The van der Waals surface area contributed by atoms with Crippen LogP contribution in [0.4, 0.5) is 0 Å². The Morgan fingerprint density at radius 3 is 1.25 bits per heavy atom. The molecular weight excluding hydrogens is 729 g/mol. The van der Waals surface area contributed by atoms with E-state index < -0.39 is 17.6 Å². The topological polar surface area (TPSA) is 147 Å². The third-order valence-corrected chi connectivity index (χ3v) is 16.3. The fourth-order valence-corrected chi connectivity index (χ4v) is 12.7. The van der Waals surface area contributed by atoms with Gasteiger partial charge in [0.1, 0.15) is 12.0 Å². The maximum absolute atomic E-state index is 6.50. The lowest BCUT2D eigenvalue weighted by Gasteiger charge is -2.33. The van der Waals surface area contributed by atoms with Crippen molar-refractivity contribution >= 4 is 29.4 Å². The molecule has 0 fully saturated rings. The van der Waals surface area contributed by atoms with Gasteiger partial charge in [-0.3, -0.25) is 10.0 Å². The van der Waals surface area contributed by atoms with Crippen molar-refractivity contribution in [2.45, 2.75) is 201 Å². The first-order valence-corrected chi connectivity index (χ1v) is 26.7. The molecule has 0 amide bonds. The summed E-state index contributed by atoms with van der Waals surface area (Å²) in [5.41, 5.74) is 5.76. The first-order chi connectivity index (χ1) is 26.9. The molecule has 12 nitrogen and oxygen atoms in total. The number of nitrogens with zero attached hydrogens (tertiary/aromatic N) is 3. The summed E-state index contributed by atoms with van der Waals surface area (Å²) in [6.45, 7) is 17.1. The first-order valence-electron chi connectivity index (χ1n) is 22.8. The van der Waals surface area contributed by atoms with Crippen LogP contribution in [0, 0.1) is 0 Å². The molecule has 1 heterocycles. The summed E-state index contributed by atoms with van der Waals surface area (Å²) in [6, 6.07) is 1.86.